The lowest BCUT2D eigenvalue weighted by Gasteiger charge is -2.18. The Kier molecular flexibility index (Phi) is 3.83. The molecule has 1 atom stereocenters. The van der Waals surface area contributed by atoms with Crippen molar-refractivity contribution in [2.45, 2.75) is 40.2 Å². The summed E-state index contributed by atoms with van der Waals surface area (Å²) in [5.41, 5.74) is 0.716. The average Bonchev–Trinajstić information content (AvgIpc) is 2.79. The molecule has 21 heavy (non-hydrogen) atoms. The first kappa shape index (κ1) is 15.5. The number of aliphatic carboxylic acids is 1. The molecule has 1 fully saturated rings. The second-order valence-corrected chi connectivity index (χ2v) is 6.95. The molecule has 114 valence electrons. The molecule has 1 aromatic rings. The summed E-state index contributed by atoms with van der Waals surface area (Å²) >= 11 is 0. The maximum Gasteiger partial charge on any atom is 0.305 e. The van der Waals surface area contributed by atoms with Crippen LogP contribution in [0.4, 0.5) is 0 Å². The minimum absolute atomic E-state index is 0.0540. The third kappa shape index (κ3) is 2.80. The number of carbonyl (C=O) groups excluding carboxylic acids is 1. The zero-order valence-electron chi connectivity index (χ0n) is 13.0. The van der Waals surface area contributed by atoms with Gasteiger partial charge in [0.05, 0.1) is 12.5 Å². The largest absolute Gasteiger partial charge is 0.481 e. The Morgan fingerprint density at radius 3 is 2.10 bits per heavy atom. The van der Waals surface area contributed by atoms with E-state index in [9.17, 15) is 9.59 Å². The Labute approximate surface area is 125 Å². The quantitative estimate of drug-likeness (QED) is 0.875. The maximum atomic E-state index is 12.5. The van der Waals surface area contributed by atoms with Crippen molar-refractivity contribution >= 4 is 11.9 Å². The number of benzene rings is 1. The predicted molar refractivity (Wildman–Crippen MR) is 80.6 cm³/mol. The summed E-state index contributed by atoms with van der Waals surface area (Å²) in [5.74, 6) is -1.05. The van der Waals surface area contributed by atoms with Crippen LogP contribution in [-0.2, 0) is 9.59 Å². The fraction of sp³-hybridized carbons (Fsp3) is 0.529. The van der Waals surface area contributed by atoms with E-state index in [1.54, 1.807) is 0 Å². The Bertz CT molecular complexity index is 534. The van der Waals surface area contributed by atoms with E-state index in [1.165, 1.54) is 0 Å². The second-order valence-electron chi connectivity index (χ2n) is 6.95. The Balaban J connectivity index is 2.14. The van der Waals surface area contributed by atoms with Crippen molar-refractivity contribution in [1.29, 1.82) is 0 Å². The van der Waals surface area contributed by atoms with Gasteiger partial charge >= 0.3 is 5.97 Å². The standard InChI is InChI=1S/C17H23NO3/c1-16(2)14(17(16,3)4)15(21)18-12(10-13(19)20)11-8-6-5-7-9-11/h5-9,12,14H,10H2,1-4H3,(H,18,21)(H,19,20). The fourth-order valence-electron chi connectivity index (χ4n) is 3.22. The molecule has 0 aromatic heterocycles. The van der Waals surface area contributed by atoms with Crippen molar-refractivity contribution in [3.05, 3.63) is 35.9 Å². The van der Waals surface area contributed by atoms with Crippen LogP contribution >= 0.6 is 0 Å². The molecule has 0 saturated heterocycles. The number of carboxylic acid groups (broad SMARTS) is 1. The Morgan fingerprint density at radius 2 is 1.67 bits per heavy atom. The number of amides is 1. The third-order valence-corrected chi connectivity index (χ3v) is 5.18. The highest BCUT2D eigenvalue weighted by Gasteiger charge is 2.68. The van der Waals surface area contributed by atoms with Gasteiger partial charge in [-0.15, -0.1) is 0 Å². The molecule has 1 amide bonds. The van der Waals surface area contributed by atoms with Gasteiger partial charge in [-0.3, -0.25) is 9.59 Å². The molecule has 4 heteroatoms. The van der Waals surface area contributed by atoms with Crippen molar-refractivity contribution < 1.29 is 14.7 Å². The molecule has 0 bridgehead atoms. The van der Waals surface area contributed by atoms with Crippen LogP contribution in [-0.4, -0.2) is 17.0 Å². The lowest BCUT2D eigenvalue weighted by molar-refractivity contribution is -0.137. The van der Waals surface area contributed by atoms with E-state index in [-0.39, 0.29) is 29.1 Å². The van der Waals surface area contributed by atoms with Crippen LogP contribution in [0.25, 0.3) is 0 Å². The summed E-state index contributed by atoms with van der Waals surface area (Å²) in [5, 5.41) is 12.0. The summed E-state index contributed by atoms with van der Waals surface area (Å²) in [7, 11) is 0. The molecule has 1 aliphatic rings. The van der Waals surface area contributed by atoms with E-state index < -0.39 is 12.0 Å². The van der Waals surface area contributed by atoms with Crippen molar-refractivity contribution in [3.63, 3.8) is 0 Å². The molecular formula is C17H23NO3. The monoisotopic (exact) mass is 289 g/mol. The van der Waals surface area contributed by atoms with Gasteiger partial charge in [-0.25, -0.2) is 0 Å². The van der Waals surface area contributed by atoms with E-state index in [4.69, 9.17) is 5.11 Å². The Hall–Kier alpha value is -1.84. The normalized spacial score (nSPS) is 20.6. The lowest BCUT2D eigenvalue weighted by Crippen LogP contribution is -2.32. The summed E-state index contributed by atoms with van der Waals surface area (Å²) in [6, 6.07) is 8.77. The first-order chi connectivity index (χ1) is 9.68. The Morgan fingerprint density at radius 1 is 1.14 bits per heavy atom. The topological polar surface area (TPSA) is 66.4 Å². The van der Waals surface area contributed by atoms with Crippen molar-refractivity contribution in [2.24, 2.45) is 16.7 Å². The summed E-state index contributed by atoms with van der Waals surface area (Å²) < 4.78 is 0. The van der Waals surface area contributed by atoms with Gasteiger partial charge in [0.25, 0.3) is 0 Å². The molecule has 0 heterocycles. The van der Waals surface area contributed by atoms with E-state index in [0.29, 0.717) is 0 Å². The second kappa shape index (κ2) is 5.17. The molecule has 1 aliphatic carbocycles. The van der Waals surface area contributed by atoms with Gasteiger partial charge in [0.1, 0.15) is 0 Å². The van der Waals surface area contributed by atoms with Crippen LogP contribution in [0.5, 0.6) is 0 Å². The number of rotatable bonds is 5. The molecule has 2 rings (SSSR count). The first-order valence-electron chi connectivity index (χ1n) is 7.25. The van der Waals surface area contributed by atoms with Crippen LogP contribution in [0.2, 0.25) is 0 Å². The zero-order valence-corrected chi connectivity index (χ0v) is 13.0. The van der Waals surface area contributed by atoms with E-state index in [1.807, 2.05) is 30.3 Å². The number of carboxylic acids is 1. The number of nitrogens with one attached hydrogen (secondary N) is 1. The fourth-order valence-corrected chi connectivity index (χ4v) is 3.22. The summed E-state index contributed by atoms with van der Waals surface area (Å²) in [6.45, 7) is 8.30. The van der Waals surface area contributed by atoms with Crippen molar-refractivity contribution in [1.82, 2.24) is 5.32 Å². The van der Waals surface area contributed by atoms with Crippen LogP contribution in [0.3, 0.4) is 0 Å². The highest BCUT2D eigenvalue weighted by molar-refractivity contribution is 5.85. The molecule has 1 unspecified atom stereocenters. The molecule has 4 nitrogen and oxygen atoms in total. The molecule has 1 aromatic carbocycles. The number of hydrogen-bond donors (Lipinski definition) is 2. The minimum atomic E-state index is -0.918. The minimum Gasteiger partial charge on any atom is -0.481 e. The van der Waals surface area contributed by atoms with Crippen LogP contribution in [0, 0.1) is 16.7 Å². The molecule has 0 radical (unpaired) electrons. The maximum absolute atomic E-state index is 12.5. The zero-order chi connectivity index (χ0) is 15.8. The van der Waals surface area contributed by atoms with Gasteiger partial charge < -0.3 is 10.4 Å². The molecule has 0 spiro atoms. The summed E-state index contributed by atoms with van der Waals surface area (Å²) in [6.07, 6.45) is -0.108. The van der Waals surface area contributed by atoms with Crippen LogP contribution < -0.4 is 5.32 Å². The third-order valence-electron chi connectivity index (χ3n) is 5.18. The van der Waals surface area contributed by atoms with Crippen LogP contribution in [0.15, 0.2) is 30.3 Å². The first-order valence-corrected chi connectivity index (χ1v) is 7.25. The van der Waals surface area contributed by atoms with E-state index in [2.05, 4.69) is 33.0 Å². The van der Waals surface area contributed by atoms with E-state index in [0.717, 1.165) is 5.56 Å². The highest BCUT2D eigenvalue weighted by atomic mass is 16.4. The average molecular weight is 289 g/mol. The van der Waals surface area contributed by atoms with Gasteiger partial charge in [-0.1, -0.05) is 58.0 Å². The van der Waals surface area contributed by atoms with Crippen molar-refractivity contribution in [2.75, 3.05) is 0 Å². The van der Waals surface area contributed by atoms with Gasteiger partial charge in [-0.2, -0.15) is 0 Å². The number of carbonyl (C=O) groups is 2. The molecule has 0 aliphatic heterocycles. The number of hydrogen-bond acceptors (Lipinski definition) is 2. The smallest absolute Gasteiger partial charge is 0.305 e. The van der Waals surface area contributed by atoms with Gasteiger partial charge in [0.15, 0.2) is 0 Å². The van der Waals surface area contributed by atoms with Crippen LogP contribution in [0.1, 0.15) is 45.7 Å². The summed E-state index contributed by atoms with van der Waals surface area (Å²) in [4.78, 5) is 23.6. The highest BCUT2D eigenvalue weighted by Crippen LogP contribution is 2.68. The SMILES string of the molecule is CC1(C)C(C(=O)NC(CC(=O)O)c2ccccc2)C1(C)C. The van der Waals surface area contributed by atoms with Gasteiger partial charge in [-0.05, 0) is 16.4 Å². The molecule has 1 saturated carbocycles. The predicted octanol–water partition coefficient (Wildman–Crippen LogP) is 3.00. The molecular weight excluding hydrogens is 266 g/mol. The van der Waals surface area contributed by atoms with E-state index >= 15 is 0 Å². The molecule has 2 N–H and O–H groups in total. The van der Waals surface area contributed by atoms with Crippen molar-refractivity contribution in [3.8, 4) is 0 Å². The van der Waals surface area contributed by atoms with Gasteiger partial charge in [0, 0.05) is 5.92 Å². The van der Waals surface area contributed by atoms with Gasteiger partial charge in [0.2, 0.25) is 5.91 Å². The lowest BCUT2D eigenvalue weighted by atomic mass is 10.0.